The van der Waals surface area contributed by atoms with Crippen LogP contribution in [-0.4, -0.2) is 22.2 Å². The molecule has 1 heterocycles. The number of rotatable bonds is 5. The maximum atomic E-state index is 5.71. The summed E-state index contributed by atoms with van der Waals surface area (Å²) in [5.74, 6) is 0. The number of nitrogens with zero attached hydrogens (tertiary/aromatic N) is 1. The van der Waals surface area contributed by atoms with Gasteiger partial charge in [-0.25, -0.2) is 0 Å². The van der Waals surface area contributed by atoms with E-state index < -0.39 is 0 Å². The molecule has 2 aliphatic rings. The Kier molecular flexibility index (Phi) is 5.24. The minimum absolute atomic E-state index is 0.268. The third-order valence-corrected chi connectivity index (χ3v) is 4.30. The standard InChI is InChI=1S/C16H25N3S/c1-2-16(18-15(17)20)11-6-7-12-19(16)13-10-14-8-4-3-5-9-14/h6-8,11-12H,2-5,9-10,13H2,1H3,(H3,17,18,20). The molecule has 3 N–H and O–H groups in total. The molecule has 0 aromatic carbocycles. The van der Waals surface area contributed by atoms with E-state index in [1.54, 1.807) is 5.57 Å². The summed E-state index contributed by atoms with van der Waals surface area (Å²) in [6.07, 6.45) is 18.1. The van der Waals surface area contributed by atoms with E-state index in [-0.39, 0.29) is 5.66 Å². The third kappa shape index (κ3) is 3.63. The van der Waals surface area contributed by atoms with Gasteiger partial charge in [0.25, 0.3) is 0 Å². The lowest BCUT2D eigenvalue weighted by atomic mass is 9.95. The largest absolute Gasteiger partial charge is 0.376 e. The first kappa shape index (κ1) is 15.1. The molecule has 0 aromatic rings. The highest BCUT2D eigenvalue weighted by molar-refractivity contribution is 7.80. The molecule has 0 bridgehead atoms. The van der Waals surface area contributed by atoms with Crippen LogP contribution in [0.25, 0.3) is 0 Å². The van der Waals surface area contributed by atoms with Gasteiger partial charge in [0.05, 0.1) is 0 Å². The van der Waals surface area contributed by atoms with Crippen molar-refractivity contribution in [3.8, 4) is 0 Å². The molecular formula is C16H25N3S. The topological polar surface area (TPSA) is 41.3 Å². The molecule has 1 aliphatic heterocycles. The lowest BCUT2D eigenvalue weighted by Gasteiger charge is -2.43. The fourth-order valence-electron chi connectivity index (χ4n) is 3.00. The molecule has 4 heteroatoms. The molecule has 0 saturated carbocycles. The van der Waals surface area contributed by atoms with Crippen LogP contribution in [0.5, 0.6) is 0 Å². The second-order valence-electron chi connectivity index (χ2n) is 5.52. The first-order chi connectivity index (χ1) is 9.66. The van der Waals surface area contributed by atoms with Crippen LogP contribution in [0.1, 0.15) is 45.4 Å². The minimum Gasteiger partial charge on any atom is -0.376 e. The summed E-state index contributed by atoms with van der Waals surface area (Å²) < 4.78 is 0. The van der Waals surface area contributed by atoms with E-state index in [0.29, 0.717) is 5.11 Å². The predicted molar refractivity (Wildman–Crippen MR) is 89.1 cm³/mol. The van der Waals surface area contributed by atoms with Gasteiger partial charge in [0.15, 0.2) is 5.11 Å². The van der Waals surface area contributed by atoms with Crippen molar-refractivity contribution >= 4 is 17.3 Å². The van der Waals surface area contributed by atoms with Gasteiger partial charge in [-0.05, 0) is 62.9 Å². The molecule has 0 saturated heterocycles. The van der Waals surface area contributed by atoms with Crippen LogP contribution in [-0.2, 0) is 0 Å². The second kappa shape index (κ2) is 6.93. The van der Waals surface area contributed by atoms with E-state index in [2.05, 4.69) is 47.6 Å². The van der Waals surface area contributed by atoms with Crippen molar-refractivity contribution < 1.29 is 0 Å². The van der Waals surface area contributed by atoms with E-state index in [1.165, 1.54) is 25.7 Å². The van der Waals surface area contributed by atoms with Crippen LogP contribution >= 0.6 is 12.2 Å². The first-order valence-corrected chi connectivity index (χ1v) is 7.95. The minimum atomic E-state index is -0.268. The van der Waals surface area contributed by atoms with Crippen molar-refractivity contribution in [1.29, 1.82) is 0 Å². The SMILES string of the molecule is CCC1(NC(N)=S)C=CC=CN1CCC1=CCCCC1. The molecule has 0 amide bonds. The number of nitrogens with two attached hydrogens (primary N) is 1. The molecule has 0 fully saturated rings. The number of hydrogen-bond acceptors (Lipinski definition) is 2. The molecule has 20 heavy (non-hydrogen) atoms. The van der Waals surface area contributed by atoms with Gasteiger partial charge in [-0.15, -0.1) is 0 Å². The molecule has 0 radical (unpaired) electrons. The van der Waals surface area contributed by atoms with E-state index in [4.69, 9.17) is 18.0 Å². The Hall–Kier alpha value is -1.29. The molecule has 110 valence electrons. The zero-order valence-corrected chi connectivity index (χ0v) is 13.1. The second-order valence-corrected chi connectivity index (χ2v) is 5.96. The molecule has 1 unspecified atom stereocenters. The van der Waals surface area contributed by atoms with Gasteiger partial charge in [-0.2, -0.15) is 0 Å². The zero-order chi connectivity index (χ0) is 14.4. The Morgan fingerprint density at radius 3 is 2.95 bits per heavy atom. The van der Waals surface area contributed by atoms with Gasteiger partial charge in [-0.1, -0.05) is 24.6 Å². The maximum Gasteiger partial charge on any atom is 0.165 e. The number of allylic oxidation sites excluding steroid dienone is 3. The van der Waals surface area contributed by atoms with Gasteiger partial charge in [0.2, 0.25) is 0 Å². The fraction of sp³-hybridized carbons (Fsp3) is 0.562. The highest BCUT2D eigenvalue weighted by atomic mass is 32.1. The Morgan fingerprint density at radius 2 is 2.30 bits per heavy atom. The third-order valence-electron chi connectivity index (χ3n) is 4.20. The maximum absolute atomic E-state index is 5.71. The average Bonchev–Trinajstić information content (AvgIpc) is 2.47. The van der Waals surface area contributed by atoms with Crippen molar-refractivity contribution in [1.82, 2.24) is 10.2 Å². The summed E-state index contributed by atoms with van der Waals surface area (Å²) >= 11 is 5.05. The summed E-state index contributed by atoms with van der Waals surface area (Å²) in [7, 11) is 0. The Bertz CT molecular complexity index is 439. The van der Waals surface area contributed by atoms with E-state index in [1.807, 2.05) is 0 Å². The highest BCUT2D eigenvalue weighted by Crippen LogP contribution is 2.26. The van der Waals surface area contributed by atoms with Gasteiger partial charge in [0.1, 0.15) is 5.66 Å². The molecule has 3 nitrogen and oxygen atoms in total. The monoisotopic (exact) mass is 291 g/mol. The van der Waals surface area contributed by atoms with Gasteiger partial charge < -0.3 is 16.0 Å². The van der Waals surface area contributed by atoms with E-state index >= 15 is 0 Å². The van der Waals surface area contributed by atoms with Crippen molar-refractivity contribution in [3.63, 3.8) is 0 Å². The number of nitrogens with one attached hydrogen (secondary N) is 1. The van der Waals surface area contributed by atoms with Crippen molar-refractivity contribution in [2.45, 2.75) is 51.1 Å². The predicted octanol–water partition coefficient (Wildman–Crippen LogP) is 3.20. The van der Waals surface area contributed by atoms with Gasteiger partial charge in [-0.3, -0.25) is 0 Å². The number of hydrogen-bond donors (Lipinski definition) is 2. The Morgan fingerprint density at radius 1 is 1.45 bits per heavy atom. The van der Waals surface area contributed by atoms with Gasteiger partial charge in [0, 0.05) is 12.7 Å². The van der Waals surface area contributed by atoms with Crippen LogP contribution in [0.4, 0.5) is 0 Å². The molecular weight excluding hydrogens is 266 g/mol. The molecule has 0 aromatic heterocycles. The summed E-state index contributed by atoms with van der Waals surface area (Å²) in [6, 6.07) is 0. The molecule has 0 spiro atoms. The van der Waals surface area contributed by atoms with Crippen molar-refractivity contribution in [3.05, 3.63) is 36.1 Å². The van der Waals surface area contributed by atoms with E-state index in [0.717, 1.165) is 19.4 Å². The van der Waals surface area contributed by atoms with E-state index in [9.17, 15) is 0 Å². The molecule has 2 rings (SSSR count). The van der Waals surface area contributed by atoms with Crippen molar-refractivity contribution in [2.75, 3.05) is 6.54 Å². The fourth-order valence-corrected chi connectivity index (χ4v) is 3.18. The smallest absolute Gasteiger partial charge is 0.165 e. The molecule has 1 atom stereocenters. The Labute approximate surface area is 127 Å². The Balaban J connectivity index is 2.03. The van der Waals surface area contributed by atoms with Crippen LogP contribution in [0.15, 0.2) is 36.1 Å². The van der Waals surface area contributed by atoms with Crippen molar-refractivity contribution in [2.24, 2.45) is 5.73 Å². The highest BCUT2D eigenvalue weighted by Gasteiger charge is 2.32. The summed E-state index contributed by atoms with van der Waals surface area (Å²) in [5.41, 5.74) is 7.04. The van der Waals surface area contributed by atoms with Crippen LogP contribution in [0.2, 0.25) is 0 Å². The lowest BCUT2D eigenvalue weighted by molar-refractivity contribution is 0.170. The first-order valence-electron chi connectivity index (χ1n) is 7.54. The zero-order valence-electron chi connectivity index (χ0n) is 12.3. The summed E-state index contributed by atoms with van der Waals surface area (Å²) in [5, 5.41) is 3.62. The summed E-state index contributed by atoms with van der Waals surface area (Å²) in [6.45, 7) is 3.15. The van der Waals surface area contributed by atoms with Crippen LogP contribution in [0, 0.1) is 0 Å². The van der Waals surface area contributed by atoms with Crippen LogP contribution < -0.4 is 11.1 Å². The lowest BCUT2D eigenvalue weighted by Crippen LogP contribution is -2.59. The van der Waals surface area contributed by atoms with Crippen LogP contribution in [0.3, 0.4) is 0 Å². The average molecular weight is 291 g/mol. The van der Waals surface area contributed by atoms with Gasteiger partial charge >= 0.3 is 0 Å². The normalized spacial score (nSPS) is 25.4. The quantitative estimate of drug-likeness (QED) is 0.603. The summed E-state index contributed by atoms with van der Waals surface area (Å²) in [4.78, 5) is 2.32. The molecule has 1 aliphatic carbocycles. The number of thiocarbonyl (C=S) groups is 1.